The van der Waals surface area contributed by atoms with Crippen LogP contribution in [0, 0.1) is 5.92 Å². The summed E-state index contributed by atoms with van der Waals surface area (Å²) in [4.78, 5) is 55.1. The summed E-state index contributed by atoms with van der Waals surface area (Å²) in [7, 11) is 0. The van der Waals surface area contributed by atoms with Crippen LogP contribution in [-0.2, 0) is 59.8 Å². The van der Waals surface area contributed by atoms with Gasteiger partial charge >= 0.3 is 23.9 Å². The summed E-state index contributed by atoms with van der Waals surface area (Å²) in [6, 6.07) is 0. The van der Waals surface area contributed by atoms with Crippen LogP contribution in [0.25, 0.3) is 147 Å². The van der Waals surface area contributed by atoms with Crippen molar-refractivity contribution in [3.05, 3.63) is 106 Å². The SMILES string of the molecule is O=C(O)CN(CCOCCOCCN1CC23C4=C5c6c7c8c9c(c%10c%11c%12c%13c%14c%15c%16c%17c%18c%19c%20c%21c%22c%23c(c6c6c%22c%22c%20c(c%15%19)c%13c(c%129)c%22c86)C5C5C6c8c9c(c-%17c%12c8C5C%23C%21C%12%18)C5c8c-9c(c2c-%10c8C%112CN(CCOCCOCCN(CC(=O)O)CC(=O)O)CC%142C%165)C46)C73C1)CC(=O)O. The first-order chi connectivity index (χ1) is 49.0. The fourth-order valence-electron chi connectivity index (χ4n) is 33.6. The van der Waals surface area contributed by atoms with E-state index in [0.717, 1.165) is 39.3 Å². The molecule has 482 valence electrons. The number of carboxylic acid groups (broad SMARTS) is 4. The Kier molecular flexibility index (Phi) is 6.67. The highest BCUT2D eigenvalue weighted by molar-refractivity contribution is 6.65. The molecule has 4 spiro atoms. The Hall–Kier alpha value is -8.42. The second-order valence-corrected chi connectivity index (χ2v) is 35.4. The molecule has 0 radical (unpaired) electrons. The van der Waals surface area contributed by atoms with E-state index in [9.17, 15) is 39.6 Å². The van der Waals surface area contributed by atoms with Crippen molar-refractivity contribution < 1.29 is 58.6 Å². The van der Waals surface area contributed by atoms with Crippen molar-refractivity contribution in [1.29, 1.82) is 0 Å². The third-order valence-electron chi connectivity index (χ3n) is 33.7. The number of likely N-dealkylation sites (tertiary alicyclic amines) is 2. The summed E-state index contributed by atoms with van der Waals surface area (Å²) in [5.74, 6) is 0.0354. The molecule has 19 aliphatic carbocycles. The van der Waals surface area contributed by atoms with Crippen molar-refractivity contribution in [3.63, 3.8) is 0 Å². The Morgan fingerprint density at radius 3 is 1.53 bits per heavy atom. The van der Waals surface area contributed by atoms with E-state index in [-0.39, 0.29) is 74.1 Å². The molecule has 34 rings (SSSR count). The molecule has 2 saturated heterocycles. The molecule has 13 aromatic rings. The van der Waals surface area contributed by atoms with Gasteiger partial charge in [-0.15, -0.1) is 0 Å². The Morgan fingerprint density at radius 1 is 0.340 bits per heavy atom. The zero-order valence-electron chi connectivity index (χ0n) is 53.8. The van der Waals surface area contributed by atoms with E-state index in [4.69, 9.17) is 18.9 Å². The lowest BCUT2D eigenvalue weighted by molar-refractivity contribution is -0.144. The number of hydrogen-bond donors (Lipinski definition) is 4. The van der Waals surface area contributed by atoms with Gasteiger partial charge < -0.3 is 39.4 Å². The highest BCUT2D eigenvalue weighted by Crippen LogP contribution is 2.97. The van der Waals surface area contributed by atoms with E-state index < -0.39 is 23.9 Å². The van der Waals surface area contributed by atoms with Gasteiger partial charge in [0.25, 0.3) is 0 Å². The summed E-state index contributed by atoms with van der Waals surface area (Å²) in [6.07, 6.45) is 0. The highest BCUT2D eigenvalue weighted by atomic mass is 16.5. The van der Waals surface area contributed by atoms with Crippen molar-refractivity contribution in [2.75, 3.05) is 131 Å². The Morgan fingerprint density at radius 2 is 0.840 bits per heavy atom. The predicted octanol–water partition coefficient (Wildman–Crippen LogP) is 9.93. The number of allylic oxidation sites excluding steroid dienone is 1. The molecule has 2 fully saturated rings. The minimum absolute atomic E-state index is 0.213. The van der Waals surface area contributed by atoms with Crippen LogP contribution in [-0.4, -0.2) is 195 Å². The number of hydrogen-bond acceptors (Lipinski definition) is 12. The zero-order chi connectivity index (χ0) is 63.9. The second kappa shape index (κ2) is 13.6. The Labute approximate surface area is 563 Å². The zero-order valence-corrected chi connectivity index (χ0v) is 53.8. The van der Waals surface area contributed by atoms with Gasteiger partial charge in [0.1, 0.15) is 0 Å². The van der Waals surface area contributed by atoms with E-state index in [1.54, 1.807) is 197 Å². The van der Waals surface area contributed by atoms with Crippen molar-refractivity contribution in [2.24, 2.45) is 5.92 Å². The van der Waals surface area contributed by atoms with Gasteiger partial charge in [-0.2, -0.15) is 0 Å². The van der Waals surface area contributed by atoms with E-state index in [2.05, 4.69) is 9.80 Å². The maximum atomic E-state index is 11.6. The first-order valence-corrected chi connectivity index (χ1v) is 37.4. The number of rotatable bonds is 26. The first-order valence-electron chi connectivity index (χ1n) is 37.4. The number of carboxylic acids is 4. The van der Waals surface area contributed by atoms with Crippen LogP contribution in [0.15, 0.2) is 5.57 Å². The van der Waals surface area contributed by atoms with Crippen LogP contribution in [0.2, 0.25) is 0 Å². The second-order valence-electron chi connectivity index (χ2n) is 35.4. The summed E-state index contributed by atoms with van der Waals surface area (Å²) in [5, 5.41) is 71.6. The smallest absolute Gasteiger partial charge is 0.317 e. The van der Waals surface area contributed by atoms with Crippen LogP contribution in [0.1, 0.15) is 153 Å². The van der Waals surface area contributed by atoms with E-state index >= 15 is 0 Å². The predicted molar refractivity (Wildman–Crippen MR) is 367 cm³/mol. The lowest BCUT2D eigenvalue weighted by Gasteiger charge is -2.56. The molecule has 0 aromatic heterocycles. The van der Waals surface area contributed by atoms with Crippen molar-refractivity contribution in [3.8, 4) is 33.4 Å². The average molecular weight is 1310 g/mol. The third kappa shape index (κ3) is 3.70. The molecule has 16 nitrogen and oxygen atoms in total. The number of ether oxygens (including phenoxy) is 4. The Bertz CT molecular complexity index is 6830. The molecule has 16 heteroatoms. The number of nitrogens with zero attached hydrogens (tertiary/aromatic N) is 4. The van der Waals surface area contributed by atoms with Crippen LogP contribution < -0.4 is 0 Å². The maximum Gasteiger partial charge on any atom is 0.317 e. The molecule has 0 bridgehead atoms. The lowest BCUT2D eigenvalue weighted by Crippen LogP contribution is -2.56. The van der Waals surface area contributed by atoms with Crippen LogP contribution in [0.3, 0.4) is 0 Å². The molecule has 0 saturated carbocycles. The molecule has 2 aliphatic heterocycles. The molecule has 14 atom stereocenters. The molecular formula is C84H54N4O12. The quantitative estimate of drug-likeness (QED) is 0.0295. The van der Waals surface area contributed by atoms with Gasteiger partial charge in [-0.25, -0.2) is 0 Å². The van der Waals surface area contributed by atoms with Gasteiger partial charge in [0.05, 0.1) is 84.4 Å². The molecule has 21 aliphatic rings. The average Bonchev–Trinajstić information content (AvgIpc) is 1.37. The van der Waals surface area contributed by atoms with Crippen LogP contribution in [0.5, 0.6) is 0 Å². The van der Waals surface area contributed by atoms with Crippen molar-refractivity contribution in [2.45, 2.75) is 74.9 Å². The van der Waals surface area contributed by atoms with Crippen LogP contribution >= 0.6 is 0 Å². The number of carbonyl (C=O) groups is 4. The van der Waals surface area contributed by atoms with Gasteiger partial charge in [0.15, 0.2) is 0 Å². The number of aliphatic carboxylic acids is 4. The molecule has 100 heavy (non-hydrogen) atoms. The fourth-order valence-corrected chi connectivity index (χ4v) is 33.6. The summed E-state index contributed by atoms with van der Waals surface area (Å²) in [5.41, 5.74) is 45.8. The summed E-state index contributed by atoms with van der Waals surface area (Å²) < 4.78 is 25.5. The van der Waals surface area contributed by atoms with Crippen LogP contribution in [0.4, 0.5) is 0 Å². The molecular weight excluding hydrogens is 1260 g/mol. The topological polar surface area (TPSA) is 199 Å². The van der Waals surface area contributed by atoms with Gasteiger partial charge in [0, 0.05) is 104 Å². The number of benzene rings is 10. The monoisotopic (exact) mass is 1310 g/mol. The van der Waals surface area contributed by atoms with E-state index in [1.165, 1.54) is 9.80 Å². The van der Waals surface area contributed by atoms with Gasteiger partial charge in [-0.1, -0.05) is 0 Å². The third-order valence-corrected chi connectivity index (χ3v) is 33.7. The fraction of sp³-hybridized carbons (Fsp3) is 0.405. The van der Waals surface area contributed by atoms with Crippen molar-refractivity contribution in [1.82, 2.24) is 19.6 Å². The Balaban J connectivity index is 0.657. The van der Waals surface area contributed by atoms with E-state index in [0.29, 0.717) is 98.8 Å². The highest BCUT2D eigenvalue weighted by Gasteiger charge is 2.87. The summed E-state index contributed by atoms with van der Waals surface area (Å²) >= 11 is 0. The minimum Gasteiger partial charge on any atom is -0.480 e. The van der Waals surface area contributed by atoms with Gasteiger partial charge in [-0.05, 0) is 276 Å². The van der Waals surface area contributed by atoms with E-state index in [1.807, 2.05) is 55.7 Å². The lowest BCUT2D eigenvalue weighted by atomic mass is 9.44. The normalized spacial score (nSPS) is 33.0. The van der Waals surface area contributed by atoms with Crippen molar-refractivity contribution >= 4 is 137 Å². The molecule has 0 amide bonds. The molecule has 4 N–H and O–H groups in total. The first kappa shape index (κ1) is 49.2. The van der Waals surface area contributed by atoms with Gasteiger partial charge in [-0.3, -0.25) is 38.8 Å². The largest absolute Gasteiger partial charge is 0.480 e. The maximum absolute atomic E-state index is 11.6. The standard InChI is InChI=1S/C84H54N4O12/c89-21(90)13-85(14-22(91)92)1-5-97-9-11-99-7-3-87-17-81-73-59-49-38-29-25-26-28-33-27(25)34-31-36(29)44(49)55-47-40(31)51-42(34)53-46(33)54-43-35(28)32-37-30(26)39(38)50-45(37)56-48-41(32)52(43)64-68-58(48)70(66(56)74(81)60(50)59)80-72-71-77-67(57(47)69(65(55)73)79(71)84(80,81)20-87)63(51)75-61(53)62(54)76(64)83(78(68)72)19-88(18-82(75,77)83)4-8-100-12-10-98-6-2-86(15-23(93)94)16-24(95)96/h25,27,29,34,42,51,53,63,65,73H,1-20H2,(H,89,90)(H,91,92)(H,93,94)(H,95,96). The molecule has 14 unspecified atom stereocenters. The molecule has 13 aromatic carbocycles. The van der Waals surface area contributed by atoms with Gasteiger partial charge in [0.2, 0.25) is 0 Å². The minimum atomic E-state index is -1.06. The molecule has 2 heterocycles. The summed E-state index contributed by atoms with van der Waals surface area (Å²) in [6.45, 7) is 7.64.